The van der Waals surface area contributed by atoms with Crippen molar-refractivity contribution in [2.75, 3.05) is 45.8 Å². The van der Waals surface area contributed by atoms with Gasteiger partial charge in [0.25, 0.3) is 5.91 Å². The van der Waals surface area contributed by atoms with Crippen molar-refractivity contribution in [1.82, 2.24) is 37.2 Å². The highest BCUT2D eigenvalue weighted by molar-refractivity contribution is 6.32. The number of fused-ring (bicyclic) bond motifs is 9. The summed E-state index contributed by atoms with van der Waals surface area (Å²) in [5.41, 5.74) is 19.7. The topological polar surface area (TPSA) is 558 Å². The van der Waals surface area contributed by atoms with Gasteiger partial charge in [0.1, 0.15) is 83.0 Å². The van der Waals surface area contributed by atoms with Gasteiger partial charge in [0.05, 0.1) is 60.5 Å². The summed E-state index contributed by atoms with van der Waals surface area (Å²) in [6.45, 7) is 1.91. The number of aliphatic hydroxyl groups is 2. The number of primary amides is 3. The second-order valence-electron chi connectivity index (χ2n) is 23.2. The number of amides is 9. The molecular formula is C66H73Cl2N11O22. The number of carbonyl (C=O) groups excluding carboxylic acids is 10. The van der Waals surface area contributed by atoms with E-state index in [1.54, 1.807) is 0 Å². The molecule has 9 amide bonds. The molecule has 0 fully saturated rings. The van der Waals surface area contributed by atoms with Crippen molar-refractivity contribution < 1.29 is 108 Å². The smallest absolute Gasteiger partial charge is 0.337 e. The van der Waals surface area contributed by atoms with E-state index in [0.29, 0.717) is 0 Å². The minimum atomic E-state index is -2.04. The van der Waals surface area contributed by atoms with Crippen molar-refractivity contribution in [2.45, 2.75) is 81.6 Å². The Balaban J connectivity index is 1.19. The van der Waals surface area contributed by atoms with Crippen LogP contribution in [0.1, 0.15) is 102 Å². The van der Waals surface area contributed by atoms with Crippen LogP contribution in [0, 0.1) is 5.92 Å². The van der Waals surface area contributed by atoms with E-state index in [-0.39, 0.29) is 93.9 Å². The van der Waals surface area contributed by atoms with E-state index in [0.717, 1.165) is 60.7 Å². The van der Waals surface area contributed by atoms with E-state index >= 15 is 4.79 Å². The maximum Gasteiger partial charge on any atom is 0.337 e. The van der Waals surface area contributed by atoms with Crippen LogP contribution in [0.5, 0.6) is 51.7 Å². The number of hydrogen-bond donors (Lipinski definition) is 19. The van der Waals surface area contributed by atoms with Crippen molar-refractivity contribution in [3.8, 4) is 62.9 Å². The second-order valence-corrected chi connectivity index (χ2v) is 24.1. The summed E-state index contributed by atoms with van der Waals surface area (Å²) in [5, 5.41) is 106. The van der Waals surface area contributed by atoms with E-state index in [2.05, 4.69) is 37.2 Å². The zero-order valence-corrected chi connectivity index (χ0v) is 55.5. The summed E-state index contributed by atoms with van der Waals surface area (Å²) in [6.07, 6.45) is -5.04. The highest BCUT2D eigenvalue weighted by atomic mass is 35.5. The summed E-state index contributed by atoms with van der Waals surface area (Å²) in [5.74, 6) is -16.3. The lowest BCUT2D eigenvalue weighted by atomic mass is 9.90. The normalized spacial score (nSPS) is 16.4. The van der Waals surface area contributed by atoms with Gasteiger partial charge in [0, 0.05) is 23.7 Å². The molecule has 8 atom stereocenters. The van der Waals surface area contributed by atoms with Crippen molar-refractivity contribution in [3.05, 3.63) is 140 Å². The van der Waals surface area contributed by atoms with Gasteiger partial charge in [0.2, 0.25) is 47.3 Å². The Bertz CT molecular complexity index is 4160. The summed E-state index contributed by atoms with van der Waals surface area (Å²) >= 11 is 12.7. The molecular weight excluding hydrogens is 1370 g/mol. The number of likely N-dealkylation sites (N-methyl/N-ethyl adjacent to an activating group) is 1. The van der Waals surface area contributed by atoms with Crippen molar-refractivity contribution in [1.29, 1.82) is 0 Å². The van der Waals surface area contributed by atoms with Gasteiger partial charge in [-0.15, -0.1) is 0 Å². The van der Waals surface area contributed by atoms with Gasteiger partial charge in [-0.3, -0.25) is 43.2 Å². The van der Waals surface area contributed by atoms with Gasteiger partial charge in [-0.25, -0.2) is 4.79 Å². The number of nitrogens with one attached hydrogen (secondary N) is 7. The number of hydrogen-bond acceptors (Lipinski definition) is 24. The van der Waals surface area contributed by atoms with E-state index in [9.17, 15) is 84.0 Å². The van der Waals surface area contributed by atoms with Crippen LogP contribution < -0.4 is 69.6 Å². The van der Waals surface area contributed by atoms with Gasteiger partial charge in [0.15, 0.2) is 17.2 Å². The molecule has 2 aliphatic rings. The average Bonchev–Trinajstić information content (AvgIpc) is 0.776. The molecule has 101 heavy (non-hydrogen) atoms. The van der Waals surface area contributed by atoms with E-state index in [1.165, 1.54) is 43.4 Å². The maximum absolute atomic E-state index is 15.0. The van der Waals surface area contributed by atoms with Crippen LogP contribution in [-0.2, 0) is 52.6 Å². The number of rotatable bonds is 28. The summed E-state index contributed by atoms with van der Waals surface area (Å²) in [7, 11) is 1.49. The summed E-state index contributed by atoms with van der Waals surface area (Å²) in [4.78, 5) is 137. The lowest BCUT2D eigenvalue weighted by Crippen LogP contribution is -2.59. The first-order valence-electron chi connectivity index (χ1n) is 30.6. The lowest BCUT2D eigenvalue weighted by Gasteiger charge is -2.29. The Hall–Kier alpha value is -11.2. The quantitative estimate of drug-likeness (QED) is 0.0109. The third-order valence-corrected chi connectivity index (χ3v) is 16.0. The average molecular weight is 1440 g/mol. The van der Waals surface area contributed by atoms with Crippen molar-refractivity contribution in [2.24, 2.45) is 23.1 Å². The Morgan fingerprint density at radius 1 is 0.693 bits per heavy atom. The molecule has 6 aromatic rings. The molecule has 2 heterocycles. The third kappa shape index (κ3) is 20.0. The van der Waals surface area contributed by atoms with Gasteiger partial charge in [-0.2, -0.15) is 0 Å². The first-order valence-corrected chi connectivity index (χ1v) is 31.4. The largest absolute Gasteiger partial charge is 0.508 e. The Kier molecular flexibility index (Phi) is 26.4. The monoisotopic (exact) mass is 1440 g/mol. The van der Waals surface area contributed by atoms with Crippen LogP contribution in [0.25, 0.3) is 11.1 Å². The molecule has 0 unspecified atom stereocenters. The fraction of sp³-hybridized carbons (Fsp3) is 0.303. The Morgan fingerprint density at radius 3 is 2.04 bits per heavy atom. The van der Waals surface area contributed by atoms with Crippen LogP contribution in [0.2, 0.25) is 10.0 Å². The lowest BCUT2D eigenvalue weighted by molar-refractivity contribution is -0.140. The minimum absolute atomic E-state index is 0.0425. The number of benzene rings is 6. The number of esters is 1. The van der Waals surface area contributed by atoms with Crippen LogP contribution in [0.15, 0.2) is 97.1 Å². The van der Waals surface area contributed by atoms with E-state index in [4.69, 9.17) is 65.1 Å². The number of aliphatic hydroxyl groups excluding tert-OH is 2. The predicted molar refractivity (Wildman–Crippen MR) is 357 cm³/mol. The number of nitrogens with two attached hydrogens (primary N) is 4. The highest BCUT2D eigenvalue weighted by Crippen LogP contribution is 2.45. The molecule has 0 aromatic heterocycles. The number of anilines is 1. The second kappa shape index (κ2) is 34.5. The Morgan fingerprint density at radius 2 is 1.38 bits per heavy atom. The fourth-order valence-corrected chi connectivity index (χ4v) is 10.8. The molecule has 0 saturated heterocycles. The molecule has 0 saturated carbocycles. The molecule has 6 aromatic carbocycles. The molecule has 0 radical (unpaired) electrons. The standard InChI is InChI=1S/C66H73Cl2N11O22/c1-28(2)18-39(73-3)62(93)79-57-58(89)32-7-12-46(37(68)21-32)100-48-22-31(6-11-43(48)83)55(78-63(94)40(25-49(70)86)75-66(57)97)65(96)77-54(61(72)92)30-5-9-41(81)34(19-30)52-35(23-33(80)24-45(52)85)56(76-50(87)26-44(84)29-4-10-42(82)36(67)20-29)64(95)74-14-15-98-16-17-99-27-51(88)101-47-13-8-38(69)59(90)53(47)60(71)91/h4-13,19-24,28,39-40,44,54-58,73,80-85,89-90H,14-18,25-27,69H2,1-3H3,(H2,70,86)(H2,71,91)(H2,72,92)(H,74,95)(H,75,97)(H,76,87)(H,77,96)(H,78,94)(H,79,93)/t39-,40+,44+,54-,55-,56-,57-,58-/m1/s1. The number of halogens is 2. The SMILES string of the molecule is CN[C@H](CC(C)C)C(=O)N[C@H]1C(=O)N[C@@H](CC(N)=O)C(=O)N[C@@H](C(=O)N[C@@H](C(N)=O)c2ccc(O)c(-c3c(O)cc(O)cc3[C@@H](NC(=O)C[C@H](O)c3ccc(O)c(Cl)c3)C(=O)NCCOCCOCC(=O)Oc3ccc(N)c(O)c3C(N)=O)c2)c2ccc(O)c(c2)Oc2ccc(cc2Cl)[C@H]1O. The first kappa shape index (κ1) is 77.2. The summed E-state index contributed by atoms with van der Waals surface area (Å²) in [6, 6.07) is 6.76. The minimum Gasteiger partial charge on any atom is -0.508 e. The van der Waals surface area contributed by atoms with Crippen molar-refractivity contribution in [3.63, 3.8) is 0 Å². The molecule has 35 heteroatoms. The highest BCUT2D eigenvalue weighted by Gasteiger charge is 2.39. The van der Waals surface area contributed by atoms with Gasteiger partial charge < -0.3 is 120 Å². The third-order valence-electron chi connectivity index (χ3n) is 15.4. The van der Waals surface area contributed by atoms with Gasteiger partial charge in [-0.1, -0.05) is 61.3 Å². The number of nitrogen functional groups attached to an aromatic ring is 1. The van der Waals surface area contributed by atoms with Crippen molar-refractivity contribution >= 4 is 88.0 Å². The van der Waals surface area contributed by atoms with Gasteiger partial charge in [-0.05, 0) is 114 Å². The number of phenols is 6. The molecule has 0 spiro atoms. The first-order chi connectivity index (χ1) is 47.8. The fourth-order valence-electron chi connectivity index (χ4n) is 10.4. The predicted octanol–water partition coefficient (Wildman–Crippen LogP) is 1.43. The molecule has 8 rings (SSSR count). The molecule has 2 aliphatic heterocycles. The van der Waals surface area contributed by atoms with Crippen LogP contribution in [-0.4, -0.2) is 158 Å². The molecule has 0 aliphatic carbocycles. The number of aromatic hydroxyl groups is 6. The van der Waals surface area contributed by atoms with Crippen LogP contribution in [0.3, 0.4) is 0 Å². The number of carbonyl (C=O) groups is 10. The molecule has 33 nitrogen and oxygen atoms in total. The number of ether oxygens (including phenoxy) is 4. The van der Waals surface area contributed by atoms with E-state index in [1.807, 2.05) is 13.8 Å². The number of phenolic OH excluding ortho intramolecular Hbond substituents is 5. The molecule has 4 bridgehead atoms. The Labute approximate surface area is 584 Å². The van der Waals surface area contributed by atoms with Crippen LogP contribution >= 0.6 is 23.2 Å². The maximum atomic E-state index is 15.0. The zero-order chi connectivity index (χ0) is 74.3. The molecule has 538 valence electrons. The zero-order valence-electron chi connectivity index (χ0n) is 53.9. The molecule has 23 N–H and O–H groups in total. The van der Waals surface area contributed by atoms with E-state index < -0.39 is 184 Å². The van der Waals surface area contributed by atoms with Gasteiger partial charge >= 0.3 is 5.97 Å². The summed E-state index contributed by atoms with van der Waals surface area (Å²) < 4.78 is 21.9. The van der Waals surface area contributed by atoms with Crippen LogP contribution in [0.4, 0.5) is 5.69 Å².